The molecule has 0 aliphatic carbocycles. The van der Waals surface area contributed by atoms with Crippen LogP contribution in [0.15, 0.2) is 21.6 Å². The molecule has 0 saturated carbocycles. The third-order valence-corrected chi connectivity index (χ3v) is 2.32. The molecule has 0 fully saturated rings. The van der Waals surface area contributed by atoms with Crippen LogP contribution in [0, 0.1) is 6.92 Å². The molecule has 4 heteroatoms. The van der Waals surface area contributed by atoms with Gasteiger partial charge in [-0.3, -0.25) is 0 Å². The highest BCUT2D eigenvalue weighted by molar-refractivity contribution is 9.10. The summed E-state index contributed by atoms with van der Waals surface area (Å²) in [6.07, 6.45) is 1.45. The predicted octanol–water partition coefficient (Wildman–Crippen LogP) is 3.38. The molecule has 0 aliphatic rings. The Hall–Kier alpha value is -0.630. The first-order valence-corrected chi connectivity index (χ1v) is 4.35. The summed E-state index contributed by atoms with van der Waals surface area (Å²) in [6, 6.07) is 3.52. The topological polar surface area (TPSA) is 29.4 Å². The van der Waals surface area contributed by atoms with Crippen LogP contribution in [-0.4, -0.2) is 6.08 Å². The number of nitrogens with zero attached hydrogens (tertiary/aromatic N) is 1. The number of aryl methyl sites for hydroxylation is 1. The van der Waals surface area contributed by atoms with E-state index in [-0.39, 0.29) is 0 Å². The van der Waals surface area contributed by atoms with Crippen molar-refractivity contribution in [3.63, 3.8) is 0 Å². The van der Waals surface area contributed by atoms with E-state index in [1.807, 2.05) is 13.0 Å². The van der Waals surface area contributed by atoms with Crippen LogP contribution < -0.4 is 0 Å². The molecule has 0 bridgehead atoms. The van der Waals surface area contributed by atoms with E-state index < -0.39 is 0 Å². The van der Waals surface area contributed by atoms with Gasteiger partial charge in [0.15, 0.2) is 0 Å². The van der Waals surface area contributed by atoms with Crippen molar-refractivity contribution in [3.8, 4) is 0 Å². The van der Waals surface area contributed by atoms with Crippen LogP contribution in [0.3, 0.4) is 0 Å². The molecular weight excluding hydrogens is 241 g/mol. The molecule has 0 amide bonds. The minimum Gasteiger partial charge on any atom is -0.211 e. The first-order chi connectivity index (χ1) is 5.65. The maximum atomic E-state index is 9.98. The van der Waals surface area contributed by atoms with Gasteiger partial charge in [0.1, 0.15) is 0 Å². The highest BCUT2D eigenvalue weighted by Gasteiger charge is 2.03. The molecule has 0 unspecified atom stereocenters. The molecule has 0 saturated heterocycles. The average molecular weight is 246 g/mol. The van der Waals surface area contributed by atoms with Gasteiger partial charge in [0.05, 0.1) is 10.7 Å². The molecule has 12 heavy (non-hydrogen) atoms. The van der Waals surface area contributed by atoms with Gasteiger partial charge in [-0.15, -0.1) is 0 Å². The lowest BCUT2D eigenvalue weighted by atomic mass is 10.2. The van der Waals surface area contributed by atoms with Gasteiger partial charge in [0, 0.05) is 4.47 Å². The average Bonchev–Trinajstić information content (AvgIpc) is 2.00. The molecule has 0 N–H and O–H groups in total. The van der Waals surface area contributed by atoms with Crippen molar-refractivity contribution in [1.29, 1.82) is 0 Å². The lowest BCUT2D eigenvalue weighted by Gasteiger charge is -2.00. The fourth-order valence-electron chi connectivity index (χ4n) is 0.838. The first kappa shape index (κ1) is 9.46. The van der Waals surface area contributed by atoms with Gasteiger partial charge in [-0.25, -0.2) is 4.79 Å². The van der Waals surface area contributed by atoms with Crippen LogP contribution in [0.25, 0.3) is 0 Å². The number of aliphatic imine (C=N–C) groups is 1. The number of halogens is 2. The van der Waals surface area contributed by atoms with Gasteiger partial charge in [-0.2, -0.15) is 4.99 Å². The summed E-state index contributed by atoms with van der Waals surface area (Å²) in [5, 5.41) is 0.488. The van der Waals surface area contributed by atoms with Crippen LogP contribution in [0.1, 0.15) is 5.56 Å². The molecule has 0 radical (unpaired) electrons. The monoisotopic (exact) mass is 245 g/mol. The van der Waals surface area contributed by atoms with Crippen molar-refractivity contribution >= 4 is 39.3 Å². The molecule has 62 valence electrons. The Balaban J connectivity index is 3.36. The number of hydrogen-bond donors (Lipinski definition) is 0. The Morgan fingerprint density at radius 1 is 1.58 bits per heavy atom. The maximum absolute atomic E-state index is 9.98. The zero-order chi connectivity index (χ0) is 9.14. The number of isocyanates is 1. The second-order valence-corrected chi connectivity index (χ2v) is 3.55. The fraction of sp³-hybridized carbons (Fsp3) is 0.125. The van der Waals surface area contributed by atoms with Crippen molar-refractivity contribution in [2.45, 2.75) is 6.92 Å². The van der Waals surface area contributed by atoms with E-state index in [2.05, 4.69) is 20.9 Å². The van der Waals surface area contributed by atoms with Crippen LogP contribution in [0.2, 0.25) is 5.02 Å². The second-order valence-electron chi connectivity index (χ2n) is 2.26. The highest BCUT2D eigenvalue weighted by Crippen LogP contribution is 2.31. The van der Waals surface area contributed by atoms with Gasteiger partial charge in [0.2, 0.25) is 6.08 Å². The Bertz CT molecular complexity index is 358. The molecule has 0 spiro atoms. The molecule has 1 rings (SSSR count). The molecule has 1 aromatic carbocycles. The molecule has 0 aromatic heterocycles. The first-order valence-electron chi connectivity index (χ1n) is 3.18. The van der Waals surface area contributed by atoms with Gasteiger partial charge in [0.25, 0.3) is 0 Å². The number of benzene rings is 1. The molecule has 1 aromatic rings. The summed E-state index contributed by atoms with van der Waals surface area (Å²) in [6.45, 7) is 1.84. The van der Waals surface area contributed by atoms with Gasteiger partial charge < -0.3 is 0 Å². The normalized spacial score (nSPS) is 9.25. The Morgan fingerprint density at radius 3 is 2.83 bits per heavy atom. The van der Waals surface area contributed by atoms with E-state index >= 15 is 0 Å². The van der Waals surface area contributed by atoms with E-state index in [0.29, 0.717) is 10.7 Å². The summed E-state index contributed by atoms with van der Waals surface area (Å²) in [4.78, 5) is 13.4. The minimum absolute atomic E-state index is 0.443. The van der Waals surface area contributed by atoms with Crippen LogP contribution in [-0.2, 0) is 4.79 Å². The molecular formula is C8H5BrClNO. The Morgan fingerprint density at radius 2 is 2.25 bits per heavy atom. The van der Waals surface area contributed by atoms with E-state index in [4.69, 9.17) is 11.6 Å². The summed E-state index contributed by atoms with van der Waals surface area (Å²) >= 11 is 9.12. The Labute approximate surface area is 83.4 Å². The summed E-state index contributed by atoms with van der Waals surface area (Å²) in [5.41, 5.74) is 1.32. The minimum atomic E-state index is 0.443. The largest absolute Gasteiger partial charge is 0.240 e. The van der Waals surface area contributed by atoms with E-state index in [9.17, 15) is 4.79 Å². The third-order valence-electron chi connectivity index (χ3n) is 1.37. The standard InChI is InChI=1S/C8H5BrClNO/c1-5-2-6(9)3-7(8(5)10)11-4-12/h2-3H,1H3. The number of rotatable bonds is 1. The van der Waals surface area contributed by atoms with Crippen molar-refractivity contribution in [3.05, 3.63) is 27.2 Å². The van der Waals surface area contributed by atoms with Crippen molar-refractivity contribution in [2.75, 3.05) is 0 Å². The zero-order valence-corrected chi connectivity index (χ0v) is 8.61. The second kappa shape index (κ2) is 3.85. The number of carbonyl (C=O) groups excluding carboxylic acids is 1. The molecule has 2 nitrogen and oxygen atoms in total. The highest BCUT2D eigenvalue weighted by atomic mass is 79.9. The summed E-state index contributed by atoms with van der Waals surface area (Å²) in [7, 11) is 0. The van der Waals surface area contributed by atoms with Gasteiger partial charge in [-0.05, 0) is 24.6 Å². The van der Waals surface area contributed by atoms with E-state index in [1.165, 1.54) is 6.08 Å². The fourth-order valence-corrected chi connectivity index (χ4v) is 1.55. The van der Waals surface area contributed by atoms with Crippen molar-refractivity contribution in [1.82, 2.24) is 0 Å². The summed E-state index contributed by atoms with van der Waals surface area (Å²) in [5.74, 6) is 0. The quantitative estimate of drug-likeness (QED) is 0.552. The van der Waals surface area contributed by atoms with E-state index in [1.54, 1.807) is 6.07 Å². The van der Waals surface area contributed by atoms with Gasteiger partial charge >= 0.3 is 0 Å². The maximum Gasteiger partial charge on any atom is 0.240 e. The summed E-state index contributed by atoms with van der Waals surface area (Å²) < 4.78 is 0.846. The van der Waals surface area contributed by atoms with Crippen molar-refractivity contribution < 1.29 is 4.79 Å². The third kappa shape index (κ3) is 1.95. The molecule has 0 atom stereocenters. The number of hydrogen-bond acceptors (Lipinski definition) is 2. The van der Waals surface area contributed by atoms with Crippen LogP contribution >= 0.6 is 27.5 Å². The lowest BCUT2D eigenvalue weighted by molar-refractivity contribution is 0.565. The van der Waals surface area contributed by atoms with Gasteiger partial charge in [-0.1, -0.05) is 27.5 Å². The predicted molar refractivity (Wildman–Crippen MR) is 51.7 cm³/mol. The zero-order valence-electron chi connectivity index (χ0n) is 6.27. The SMILES string of the molecule is Cc1cc(Br)cc(N=C=O)c1Cl. The smallest absolute Gasteiger partial charge is 0.211 e. The molecule has 0 heterocycles. The van der Waals surface area contributed by atoms with Crippen LogP contribution in [0.4, 0.5) is 5.69 Å². The van der Waals surface area contributed by atoms with Crippen LogP contribution in [0.5, 0.6) is 0 Å². The Kier molecular flexibility index (Phi) is 3.04. The van der Waals surface area contributed by atoms with Crippen molar-refractivity contribution in [2.24, 2.45) is 4.99 Å². The lowest BCUT2D eigenvalue weighted by Crippen LogP contribution is -1.76. The molecule has 0 aliphatic heterocycles. The van der Waals surface area contributed by atoms with E-state index in [0.717, 1.165) is 10.0 Å².